The van der Waals surface area contributed by atoms with Crippen LogP contribution in [0.1, 0.15) is 19.3 Å². The fourth-order valence-corrected chi connectivity index (χ4v) is 2.37. The molecule has 6 heteroatoms. The highest BCUT2D eigenvalue weighted by Crippen LogP contribution is 2.13. The second-order valence-electron chi connectivity index (χ2n) is 5.06. The molecule has 0 spiro atoms. The van der Waals surface area contributed by atoms with E-state index in [1.165, 1.54) is 0 Å². The number of aromatic nitrogens is 2. The summed E-state index contributed by atoms with van der Waals surface area (Å²) in [7, 11) is 0. The molecule has 0 radical (unpaired) electrons. The van der Waals surface area contributed by atoms with Crippen molar-refractivity contribution in [3.63, 3.8) is 0 Å². The Morgan fingerprint density at radius 1 is 1.38 bits per heavy atom. The third-order valence-electron chi connectivity index (χ3n) is 3.34. The molecular weight excluding hydrogens is 290 g/mol. The van der Waals surface area contributed by atoms with Gasteiger partial charge in [0.05, 0.1) is 24.0 Å². The minimum atomic E-state index is 0.0438. The molecule has 1 fully saturated rings. The average molecular weight is 312 g/mol. The van der Waals surface area contributed by atoms with Crippen molar-refractivity contribution in [1.82, 2.24) is 14.9 Å². The van der Waals surface area contributed by atoms with Gasteiger partial charge < -0.3 is 9.47 Å². The molecule has 1 aliphatic heterocycles. The zero-order valence-electron chi connectivity index (χ0n) is 12.2. The molecule has 0 aromatic carbocycles. The lowest BCUT2D eigenvalue weighted by atomic mass is 10.2. The molecule has 1 aromatic rings. The van der Waals surface area contributed by atoms with Crippen molar-refractivity contribution in [3.05, 3.63) is 30.1 Å². The van der Waals surface area contributed by atoms with E-state index in [1.54, 1.807) is 12.4 Å². The van der Waals surface area contributed by atoms with Crippen molar-refractivity contribution in [2.45, 2.75) is 25.4 Å². The van der Waals surface area contributed by atoms with Crippen LogP contribution in [0.2, 0.25) is 5.02 Å². The van der Waals surface area contributed by atoms with E-state index >= 15 is 0 Å². The topological polar surface area (TPSA) is 47.5 Å². The molecule has 1 saturated heterocycles. The molecule has 0 saturated carbocycles. The predicted octanol–water partition coefficient (Wildman–Crippen LogP) is 2.57. The van der Waals surface area contributed by atoms with Gasteiger partial charge in [0.15, 0.2) is 0 Å². The number of hydrogen-bond donors (Lipinski definition) is 0. The molecule has 116 valence electrons. The van der Waals surface area contributed by atoms with Crippen LogP contribution >= 0.6 is 11.6 Å². The van der Waals surface area contributed by atoms with Gasteiger partial charge in [-0.2, -0.15) is 0 Å². The number of allylic oxidation sites excluding steroid dienone is 1. The van der Waals surface area contributed by atoms with Crippen molar-refractivity contribution in [3.8, 4) is 6.01 Å². The monoisotopic (exact) mass is 311 g/mol. The van der Waals surface area contributed by atoms with Gasteiger partial charge in [0.1, 0.15) is 6.10 Å². The van der Waals surface area contributed by atoms with E-state index in [4.69, 9.17) is 21.1 Å². The molecule has 1 aliphatic rings. The van der Waals surface area contributed by atoms with E-state index in [0.29, 0.717) is 11.0 Å². The van der Waals surface area contributed by atoms with E-state index in [2.05, 4.69) is 21.4 Å². The Kier molecular flexibility index (Phi) is 6.92. The van der Waals surface area contributed by atoms with Gasteiger partial charge in [-0.1, -0.05) is 17.7 Å². The molecule has 1 atom stereocenters. The van der Waals surface area contributed by atoms with E-state index in [1.807, 2.05) is 6.08 Å². The van der Waals surface area contributed by atoms with Crippen LogP contribution in [0.4, 0.5) is 0 Å². The molecule has 0 aliphatic carbocycles. The van der Waals surface area contributed by atoms with Crippen molar-refractivity contribution >= 4 is 11.6 Å². The first-order valence-electron chi connectivity index (χ1n) is 7.33. The Balaban J connectivity index is 1.92. The molecule has 5 nitrogen and oxygen atoms in total. The average Bonchev–Trinajstić information content (AvgIpc) is 2.76. The summed E-state index contributed by atoms with van der Waals surface area (Å²) >= 11 is 5.79. The highest BCUT2D eigenvalue weighted by molar-refractivity contribution is 6.30. The van der Waals surface area contributed by atoms with Crippen LogP contribution < -0.4 is 4.74 Å². The lowest BCUT2D eigenvalue weighted by Gasteiger charge is -2.25. The largest absolute Gasteiger partial charge is 0.459 e. The summed E-state index contributed by atoms with van der Waals surface area (Å²) in [6.45, 7) is 8.23. The summed E-state index contributed by atoms with van der Waals surface area (Å²) < 4.78 is 11.4. The van der Waals surface area contributed by atoms with Crippen molar-refractivity contribution in [2.24, 2.45) is 0 Å². The smallest absolute Gasteiger partial charge is 0.316 e. The Bertz CT molecular complexity index is 419. The zero-order chi connectivity index (χ0) is 14.9. The number of nitrogens with zero attached hydrogens (tertiary/aromatic N) is 3. The highest BCUT2D eigenvalue weighted by Gasteiger charge is 2.18. The standard InChI is InChI=1S/C15H22ClN3O2/c1-2-3-5-14(12-19-6-4-8-20-9-7-19)21-15-17-10-13(16)11-18-15/h2,10-11,14H,1,3-9,12H2/t14-/m1/s1. The fraction of sp³-hybridized carbons (Fsp3) is 0.600. The van der Waals surface area contributed by atoms with Crippen LogP contribution in [-0.4, -0.2) is 53.8 Å². The van der Waals surface area contributed by atoms with Gasteiger partial charge in [0, 0.05) is 26.2 Å². The van der Waals surface area contributed by atoms with Crippen LogP contribution in [-0.2, 0) is 4.74 Å². The van der Waals surface area contributed by atoms with E-state index in [-0.39, 0.29) is 6.10 Å². The van der Waals surface area contributed by atoms with Crippen LogP contribution in [0.15, 0.2) is 25.0 Å². The molecule has 2 rings (SSSR count). The summed E-state index contributed by atoms with van der Waals surface area (Å²) in [5.74, 6) is 0. The Morgan fingerprint density at radius 3 is 2.95 bits per heavy atom. The highest BCUT2D eigenvalue weighted by atomic mass is 35.5. The molecular formula is C15H22ClN3O2. The van der Waals surface area contributed by atoms with E-state index < -0.39 is 0 Å². The van der Waals surface area contributed by atoms with E-state index in [9.17, 15) is 0 Å². The molecule has 2 heterocycles. The lowest BCUT2D eigenvalue weighted by molar-refractivity contribution is 0.106. The fourth-order valence-electron chi connectivity index (χ4n) is 2.27. The maximum atomic E-state index is 5.90. The zero-order valence-corrected chi connectivity index (χ0v) is 13.0. The first kappa shape index (κ1) is 16.2. The molecule has 21 heavy (non-hydrogen) atoms. The summed E-state index contributed by atoms with van der Waals surface area (Å²) in [4.78, 5) is 10.6. The molecule has 1 aromatic heterocycles. The predicted molar refractivity (Wildman–Crippen MR) is 82.8 cm³/mol. The third-order valence-corrected chi connectivity index (χ3v) is 3.53. The van der Waals surface area contributed by atoms with Gasteiger partial charge in [0.25, 0.3) is 0 Å². The second kappa shape index (κ2) is 8.97. The molecule has 0 N–H and O–H groups in total. The van der Waals surface area contributed by atoms with Gasteiger partial charge >= 0.3 is 6.01 Å². The van der Waals surface area contributed by atoms with Crippen molar-refractivity contribution in [2.75, 3.05) is 32.8 Å². The third kappa shape index (κ3) is 5.99. The van der Waals surface area contributed by atoms with Gasteiger partial charge in [-0.15, -0.1) is 6.58 Å². The molecule has 0 bridgehead atoms. The van der Waals surface area contributed by atoms with E-state index in [0.717, 1.165) is 52.1 Å². The first-order valence-corrected chi connectivity index (χ1v) is 7.71. The number of hydrogen-bond acceptors (Lipinski definition) is 5. The SMILES string of the molecule is C=CCC[C@H](CN1CCCOCC1)Oc1ncc(Cl)cn1. The maximum Gasteiger partial charge on any atom is 0.316 e. The maximum absolute atomic E-state index is 5.90. The number of ether oxygens (including phenoxy) is 2. The minimum absolute atomic E-state index is 0.0438. The number of rotatable bonds is 7. The quantitative estimate of drug-likeness (QED) is 0.724. The van der Waals surface area contributed by atoms with Gasteiger partial charge in [-0.25, -0.2) is 9.97 Å². The van der Waals surface area contributed by atoms with Crippen LogP contribution in [0, 0.1) is 0 Å². The minimum Gasteiger partial charge on any atom is -0.459 e. The second-order valence-corrected chi connectivity index (χ2v) is 5.49. The van der Waals surface area contributed by atoms with Crippen LogP contribution in [0.3, 0.4) is 0 Å². The Morgan fingerprint density at radius 2 is 2.19 bits per heavy atom. The van der Waals surface area contributed by atoms with Gasteiger partial charge in [-0.05, 0) is 19.3 Å². The Hall–Kier alpha value is -1.17. The van der Waals surface area contributed by atoms with Gasteiger partial charge in [-0.3, -0.25) is 4.90 Å². The summed E-state index contributed by atoms with van der Waals surface area (Å²) in [6, 6.07) is 0.375. The van der Waals surface area contributed by atoms with Crippen LogP contribution in [0.25, 0.3) is 0 Å². The van der Waals surface area contributed by atoms with Crippen molar-refractivity contribution in [1.29, 1.82) is 0 Å². The normalized spacial score (nSPS) is 18.0. The van der Waals surface area contributed by atoms with Gasteiger partial charge in [0.2, 0.25) is 0 Å². The number of halogens is 1. The lowest BCUT2D eigenvalue weighted by Crippen LogP contribution is -2.37. The van der Waals surface area contributed by atoms with Crippen molar-refractivity contribution < 1.29 is 9.47 Å². The summed E-state index contributed by atoms with van der Waals surface area (Å²) in [6.07, 6.45) is 7.91. The Labute approximate surface area is 130 Å². The first-order chi connectivity index (χ1) is 10.3. The summed E-state index contributed by atoms with van der Waals surface area (Å²) in [5, 5.41) is 0.509. The molecule has 0 unspecified atom stereocenters. The molecule has 0 amide bonds. The summed E-state index contributed by atoms with van der Waals surface area (Å²) in [5.41, 5.74) is 0. The van der Waals surface area contributed by atoms with Crippen LogP contribution in [0.5, 0.6) is 6.01 Å².